The molecule has 0 atom stereocenters. The first-order valence-electron chi connectivity index (χ1n) is 5.58. The number of pyridine rings is 1. The van der Waals surface area contributed by atoms with Gasteiger partial charge in [0, 0.05) is 12.1 Å². The summed E-state index contributed by atoms with van der Waals surface area (Å²) in [7, 11) is 0. The molecular weight excluding hydrogens is 278 g/mol. The van der Waals surface area contributed by atoms with Crippen molar-refractivity contribution in [2.45, 2.75) is 0 Å². The molecule has 0 aliphatic heterocycles. The molecule has 8 nitrogen and oxygen atoms in total. The maximum Gasteiger partial charge on any atom is 0.335 e. The number of carbonyl (C=O) groups is 1. The van der Waals surface area contributed by atoms with Crippen LogP contribution in [0, 0.1) is 21.4 Å². The van der Waals surface area contributed by atoms with Gasteiger partial charge in [-0.2, -0.15) is 10.2 Å². The topological polar surface area (TPSA) is 126 Å². The largest absolute Gasteiger partial charge is 0.478 e. The molecule has 1 N–H and O–H groups in total. The van der Waals surface area contributed by atoms with Crippen LogP contribution in [0.3, 0.4) is 0 Å². The number of rotatable bonds is 4. The summed E-state index contributed by atoms with van der Waals surface area (Å²) in [6.45, 7) is 0. The fraction of sp³-hybridized carbons (Fsp3) is 0. The molecule has 0 bridgehead atoms. The first kappa shape index (κ1) is 14.0. The zero-order chi connectivity index (χ0) is 15.4. The highest BCUT2D eigenvalue weighted by atomic mass is 16.6. The van der Waals surface area contributed by atoms with Crippen molar-refractivity contribution >= 4 is 11.7 Å². The molecule has 0 saturated carbocycles. The number of aromatic carboxylic acids is 1. The van der Waals surface area contributed by atoms with E-state index in [1.54, 1.807) is 6.07 Å². The highest BCUT2D eigenvalue weighted by molar-refractivity contribution is 5.88. The number of nitro groups is 1. The van der Waals surface area contributed by atoms with E-state index in [1.165, 1.54) is 30.3 Å². The van der Waals surface area contributed by atoms with Crippen molar-refractivity contribution in [3.8, 4) is 17.7 Å². The van der Waals surface area contributed by atoms with Gasteiger partial charge in [0.15, 0.2) is 0 Å². The van der Waals surface area contributed by atoms with E-state index >= 15 is 0 Å². The van der Waals surface area contributed by atoms with Gasteiger partial charge in [-0.1, -0.05) is 6.07 Å². The van der Waals surface area contributed by atoms with Crippen molar-refractivity contribution in [1.82, 2.24) is 4.98 Å². The molecule has 0 unspecified atom stereocenters. The predicted molar refractivity (Wildman–Crippen MR) is 69.1 cm³/mol. The highest BCUT2D eigenvalue weighted by Gasteiger charge is 2.16. The molecule has 0 fully saturated rings. The van der Waals surface area contributed by atoms with Crippen molar-refractivity contribution in [3.63, 3.8) is 0 Å². The molecule has 104 valence electrons. The normalized spacial score (nSPS) is 9.67. The summed E-state index contributed by atoms with van der Waals surface area (Å²) in [4.78, 5) is 24.5. The number of benzene rings is 1. The zero-order valence-corrected chi connectivity index (χ0v) is 10.4. The summed E-state index contributed by atoms with van der Waals surface area (Å²) in [6.07, 6.45) is 0. The molecule has 1 heterocycles. The summed E-state index contributed by atoms with van der Waals surface area (Å²) in [5, 5.41) is 28.4. The number of carboxylic acid groups (broad SMARTS) is 1. The first-order chi connectivity index (χ1) is 10.0. The Bertz CT molecular complexity index is 767. The van der Waals surface area contributed by atoms with E-state index in [1.807, 2.05) is 0 Å². The maximum absolute atomic E-state index is 10.8. The van der Waals surface area contributed by atoms with E-state index in [2.05, 4.69) is 4.98 Å². The number of carboxylic acids is 1. The highest BCUT2D eigenvalue weighted by Crippen LogP contribution is 2.24. The Hall–Kier alpha value is -3.47. The third kappa shape index (κ3) is 3.10. The van der Waals surface area contributed by atoms with E-state index in [4.69, 9.17) is 15.1 Å². The zero-order valence-electron chi connectivity index (χ0n) is 10.4. The van der Waals surface area contributed by atoms with Crippen molar-refractivity contribution in [3.05, 3.63) is 57.8 Å². The lowest BCUT2D eigenvalue weighted by Gasteiger charge is -2.05. The average Bonchev–Trinajstić information content (AvgIpc) is 2.47. The molecule has 2 rings (SSSR count). The summed E-state index contributed by atoms with van der Waals surface area (Å²) in [5.41, 5.74) is -0.786. The van der Waals surface area contributed by atoms with Crippen LogP contribution < -0.4 is 4.74 Å². The van der Waals surface area contributed by atoms with Crippen LogP contribution in [-0.2, 0) is 0 Å². The van der Waals surface area contributed by atoms with Crippen LogP contribution in [0.2, 0.25) is 0 Å². The van der Waals surface area contributed by atoms with Gasteiger partial charge < -0.3 is 9.84 Å². The number of hydrogen-bond acceptors (Lipinski definition) is 6. The third-order valence-electron chi connectivity index (χ3n) is 2.45. The van der Waals surface area contributed by atoms with Gasteiger partial charge in [-0.25, -0.2) is 4.79 Å². The van der Waals surface area contributed by atoms with Crippen LogP contribution in [0.25, 0.3) is 0 Å². The lowest BCUT2D eigenvalue weighted by molar-refractivity contribution is -0.385. The Labute approximate surface area is 118 Å². The van der Waals surface area contributed by atoms with Crippen LogP contribution in [0.5, 0.6) is 11.6 Å². The molecule has 21 heavy (non-hydrogen) atoms. The van der Waals surface area contributed by atoms with Gasteiger partial charge in [0.25, 0.3) is 0 Å². The summed E-state index contributed by atoms with van der Waals surface area (Å²) in [5.74, 6) is -0.963. The lowest BCUT2D eigenvalue weighted by atomic mass is 10.2. The van der Waals surface area contributed by atoms with Crippen LogP contribution in [-0.4, -0.2) is 21.0 Å². The molecule has 0 saturated heterocycles. The molecule has 0 spiro atoms. The van der Waals surface area contributed by atoms with Crippen molar-refractivity contribution in [1.29, 1.82) is 5.26 Å². The molecule has 0 aliphatic rings. The van der Waals surface area contributed by atoms with E-state index in [-0.39, 0.29) is 22.9 Å². The Morgan fingerprint density at radius 1 is 1.38 bits per heavy atom. The monoisotopic (exact) mass is 285 g/mol. The minimum Gasteiger partial charge on any atom is -0.478 e. The number of hydrogen-bond donors (Lipinski definition) is 1. The van der Waals surface area contributed by atoms with Gasteiger partial charge in [0.1, 0.15) is 11.8 Å². The van der Waals surface area contributed by atoms with Gasteiger partial charge in [-0.15, -0.1) is 0 Å². The summed E-state index contributed by atoms with van der Waals surface area (Å²) < 4.78 is 5.30. The summed E-state index contributed by atoms with van der Waals surface area (Å²) in [6, 6.07) is 9.58. The number of nitrogens with zero attached hydrogens (tertiary/aromatic N) is 3. The Balaban J connectivity index is 2.32. The Morgan fingerprint density at radius 2 is 2.14 bits per heavy atom. The summed E-state index contributed by atoms with van der Waals surface area (Å²) >= 11 is 0. The lowest BCUT2D eigenvalue weighted by Crippen LogP contribution is -1.98. The van der Waals surface area contributed by atoms with Crippen LogP contribution in [0.1, 0.15) is 16.1 Å². The van der Waals surface area contributed by atoms with Crippen molar-refractivity contribution < 1.29 is 19.6 Å². The second kappa shape index (κ2) is 5.66. The molecule has 0 amide bonds. The fourth-order valence-electron chi connectivity index (χ4n) is 1.53. The Morgan fingerprint density at radius 3 is 2.76 bits per heavy atom. The van der Waals surface area contributed by atoms with Gasteiger partial charge in [-0.3, -0.25) is 10.1 Å². The molecular formula is C13H7N3O5. The first-order valence-corrected chi connectivity index (χ1v) is 5.58. The minimum atomic E-state index is -1.12. The SMILES string of the molecule is N#Cc1nc(Oc2cccc(C(=O)O)c2)ccc1[N+](=O)[O-]. The molecule has 2 aromatic rings. The number of nitriles is 1. The number of ether oxygens (including phenoxy) is 1. The Kier molecular flexibility index (Phi) is 3.76. The quantitative estimate of drug-likeness (QED) is 0.674. The third-order valence-corrected chi connectivity index (χ3v) is 2.45. The standard InChI is InChI=1S/C13H7N3O5/c14-7-10-11(16(19)20)4-5-12(15-10)21-9-3-1-2-8(6-9)13(17)18/h1-6H,(H,17,18). The fourth-order valence-corrected chi connectivity index (χ4v) is 1.53. The van der Waals surface area contributed by atoms with Crippen LogP contribution in [0.4, 0.5) is 5.69 Å². The molecule has 1 aromatic heterocycles. The molecule has 8 heteroatoms. The second-order valence-corrected chi connectivity index (χ2v) is 3.82. The number of aromatic nitrogens is 1. The average molecular weight is 285 g/mol. The smallest absolute Gasteiger partial charge is 0.335 e. The van der Waals surface area contributed by atoms with E-state index in [0.29, 0.717) is 0 Å². The second-order valence-electron chi connectivity index (χ2n) is 3.82. The van der Waals surface area contributed by atoms with E-state index in [0.717, 1.165) is 6.07 Å². The maximum atomic E-state index is 10.8. The van der Waals surface area contributed by atoms with Gasteiger partial charge in [0.05, 0.1) is 10.5 Å². The molecule has 0 aliphatic carbocycles. The minimum absolute atomic E-state index is 0.0231. The van der Waals surface area contributed by atoms with E-state index < -0.39 is 16.6 Å². The molecule has 0 radical (unpaired) electrons. The predicted octanol–water partition coefficient (Wildman–Crippen LogP) is 2.35. The van der Waals surface area contributed by atoms with Crippen LogP contribution >= 0.6 is 0 Å². The van der Waals surface area contributed by atoms with Crippen molar-refractivity contribution in [2.75, 3.05) is 0 Å². The molecule has 1 aromatic carbocycles. The van der Waals surface area contributed by atoms with Gasteiger partial charge >= 0.3 is 11.7 Å². The van der Waals surface area contributed by atoms with Gasteiger partial charge in [0.2, 0.25) is 11.6 Å². The van der Waals surface area contributed by atoms with E-state index in [9.17, 15) is 14.9 Å². The van der Waals surface area contributed by atoms with Crippen LogP contribution in [0.15, 0.2) is 36.4 Å². The van der Waals surface area contributed by atoms with Crippen molar-refractivity contribution in [2.24, 2.45) is 0 Å². The van der Waals surface area contributed by atoms with Gasteiger partial charge in [-0.05, 0) is 18.2 Å².